The molecule has 2 aliphatic heterocycles. The Morgan fingerprint density at radius 1 is 1.33 bits per heavy atom. The number of hydrogen-bond acceptors (Lipinski definition) is 4. The van der Waals surface area contributed by atoms with E-state index < -0.39 is 0 Å². The van der Waals surface area contributed by atoms with Gasteiger partial charge in [0.2, 0.25) is 0 Å². The lowest BCUT2D eigenvalue weighted by atomic mass is 10.1. The fourth-order valence-electron chi connectivity index (χ4n) is 3.44. The third kappa shape index (κ3) is 2.81. The van der Waals surface area contributed by atoms with E-state index in [9.17, 15) is 4.79 Å². The van der Waals surface area contributed by atoms with Crippen LogP contribution in [0.4, 0.5) is 0 Å². The van der Waals surface area contributed by atoms with Crippen LogP contribution >= 0.6 is 24.0 Å². The van der Waals surface area contributed by atoms with Crippen LogP contribution in [0.15, 0.2) is 36.5 Å². The second kappa shape index (κ2) is 6.74. The van der Waals surface area contributed by atoms with Crippen molar-refractivity contribution in [3.63, 3.8) is 0 Å². The summed E-state index contributed by atoms with van der Waals surface area (Å²) >= 11 is 7.32. The topological polar surface area (TPSA) is 50.3 Å². The quantitative estimate of drug-likeness (QED) is 0.836. The number of hydrogen-bond donors (Lipinski definition) is 1. The van der Waals surface area contributed by atoms with Crippen LogP contribution in [0.5, 0.6) is 0 Å². The van der Waals surface area contributed by atoms with Gasteiger partial charge in [-0.2, -0.15) is 11.8 Å². The summed E-state index contributed by atoms with van der Waals surface area (Å²) in [7, 11) is 0. The van der Waals surface area contributed by atoms with Gasteiger partial charge in [0.05, 0.1) is 6.61 Å². The van der Waals surface area contributed by atoms with Gasteiger partial charge >= 0.3 is 0 Å². The van der Waals surface area contributed by atoms with Crippen molar-refractivity contribution < 1.29 is 9.53 Å². The molecule has 0 spiro atoms. The minimum atomic E-state index is 0.0448. The van der Waals surface area contributed by atoms with E-state index >= 15 is 0 Å². The van der Waals surface area contributed by atoms with E-state index in [1.165, 1.54) is 0 Å². The van der Waals surface area contributed by atoms with Crippen LogP contribution < -0.4 is 0 Å². The van der Waals surface area contributed by atoms with Gasteiger partial charge in [-0.1, -0.05) is 18.2 Å². The summed E-state index contributed by atoms with van der Waals surface area (Å²) in [6.07, 6.45) is 2.63. The molecule has 3 heterocycles. The molecule has 0 radical (unpaired) electrons. The number of nitrogens with one attached hydrogen (secondary N) is 1. The van der Waals surface area contributed by atoms with Crippen molar-refractivity contribution >= 4 is 29.9 Å². The molecule has 0 unspecified atom stereocenters. The Morgan fingerprint density at radius 2 is 2.17 bits per heavy atom. The van der Waals surface area contributed by atoms with Gasteiger partial charge in [-0.05, 0) is 30.8 Å². The van der Waals surface area contributed by atoms with Crippen LogP contribution in [-0.4, -0.2) is 57.2 Å². The Bertz CT molecular complexity index is 785. The standard InChI is InChI=1S/C17H19N3O2S2/c21-16(19-7-9-24-15-11-22-8-6-13(15)19)14-10-18-17(23)20(14)12-4-2-1-3-5-12/h1-5,10,13,15H,6-9,11H2,(H,18,23)/t13-,15+/m0/s1. The molecule has 24 heavy (non-hydrogen) atoms. The van der Waals surface area contributed by atoms with Crippen molar-refractivity contribution in [1.29, 1.82) is 0 Å². The minimum Gasteiger partial charge on any atom is -0.380 e. The normalized spacial score (nSPS) is 23.8. The summed E-state index contributed by atoms with van der Waals surface area (Å²) in [4.78, 5) is 18.3. The number of benzene rings is 1. The highest BCUT2D eigenvalue weighted by Gasteiger charge is 2.38. The van der Waals surface area contributed by atoms with Gasteiger partial charge in [0, 0.05) is 42.1 Å². The summed E-state index contributed by atoms with van der Waals surface area (Å²) in [5.41, 5.74) is 1.50. The maximum atomic E-state index is 13.3. The van der Waals surface area contributed by atoms with Gasteiger partial charge < -0.3 is 14.6 Å². The number of aromatic nitrogens is 2. The highest BCUT2D eigenvalue weighted by Crippen LogP contribution is 2.31. The summed E-state index contributed by atoms with van der Waals surface area (Å²) in [6.45, 7) is 2.23. The Balaban J connectivity index is 1.69. The number of amides is 1. The van der Waals surface area contributed by atoms with E-state index in [2.05, 4.69) is 4.98 Å². The number of nitrogens with zero attached hydrogens (tertiary/aromatic N) is 2. The largest absolute Gasteiger partial charge is 0.380 e. The van der Waals surface area contributed by atoms with E-state index in [0.29, 0.717) is 15.7 Å². The first kappa shape index (κ1) is 15.9. The van der Waals surface area contributed by atoms with Crippen molar-refractivity contribution in [2.75, 3.05) is 25.5 Å². The van der Waals surface area contributed by atoms with Crippen molar-refractivity contribution in [2.45, 2.75) is 17.7 Å². The number of carbonyl (C=O) groups is 1. The molecule has 126 valence electrons. The molecule has 2 fully saturated rings. The van der Waals surface area contributed by atoms with Gasteiger partial charge in [-0.25, -0.2) is 0 Å². The SMILES string of the molecule is O=C(c1c[nH]c(=S)n1-c1ccccc1)N1CCS[C@@H]2COCC[C@@H]21. The van der Waals surface area contributed by atoms with Gasteiger partial charge in [0.1, 0.15) is 5.69 Å². The summed E-state index contributed by atoms with van der Waals surface area (Å²) in [6, 6.07) is 10.0. The second-order valence-corrected chi connectivity index (χ2v) is 7.72. The molecule has 0 aliphatic carbocycles. The van der Waals surface area contributed by atoms with Crippen molar-refractivity contribution in [2.24, 2.45) is 0 Å². The van der Waals surface area contributed by atoms with E-state index in [1.54, 1.807) is 6.20 Å². The molecular formula is C17H19N3O2S2. The Labute approximate surface area is 150 Å². The fraction of sp³-hybridized carbons (Fsp3) is 0.412. The minimum absolute atomic E-state index is 0.0448. The Hall–Kier alpha value is -1.57. The molecule has 2 atom stereocenters. The number of rotatable bonds is 2. The lowest BCUT2D eigenvalue weighted by molar-refractivity contribution is 0.0314. The molecule has 1 aromatic carbocycles. The molecule has 0 saturated carbocycles. The van der Waals surface area contributed by atoms with Crippen LogP contribution in [-0.2, 0) is 4.74 Å². The summed E-state index contributed by atoms with van der Waals surface area (Å²) in [5, 5.41) is 0.378. The van der Waals surface area contributed by atoms with Crippen LogP contribution in [0.25, 0.3) is 5.69 Å². The van der Waals surface area contributed by atoms with Gasteiger partial charge in [0.25, 0.3) is 5.91 Å². The first-order valence-electron chi connectivity index (χ1n) is 8.12. The number of thioether (sulfide) groups is 1. The third-order valence-electron chi connectivity index (χ3n) is 4.60. The van der Waals surface area contributed by atoms with E-state index in [1.807, 2.05) is 51.6 Å². The average molecular weight is 361 g/mol. The number of fused-ring (bicyclic) bond motifs is 1. The number of ether oxygens (including phenoxy) is 1. The number of H-pyrrole nitrogens is 1. The lowest BCUT2D eigenvalue weighted by Crippen LogP contribution is -2.54. The highest BCUT2D eigenvalue weighted by atomic mass is 32.2. The zero-order valence-corrected chi connectivity index (χ0v) is 14.8. The molecular weight excluding hydrogens is 342 g/mol. The number of imidazole rings is 1. The predicted molar refractivity (Wildman–Crippen MR) is 97.5 cm³/mol. The molecule has 5 nitrogen and oxygen atoms in total. The number of carbonyl (C=O) groups excluding carboxylic acids is 1. The molecule has 2 aliphatic rings. The lowest BCUT2D eigenvalue weighted by Gasteiger charge is -2.43. The van der Waals surface area contributed by atoms with Crippen LogP contribution in [0.2, 0.25) is 0 Å². The first-order chi connectivity index (χ1) is 11.8. The van der Waals surface area contributed by atoms with Crippen molar-refractivity contribution in [3.8, 4) is 5.69 Å². The monoisotopic (exact) mass is 361 g/mol. The number of aromatic amines is 1. The molecule has 1 amide bonds. The summed E-state index contributed by atoms with van der Waals surface area (Å²) in [5.74, 6) is 0.996. The highest BCUT2D eigenvalue weighted by molar-refractivity contribution is 8.00. The zero-order valence-electron chi connectivity index (χ0n) is 13.2. The second-order valence-electron chi connectivity index (χ2n) is 5.99. The van der Waals surface area contributed by atoms with Crippen molar-refractivity contribution in [1.82, 2.24) is 14.5 Å². The Kier molecular flexibility index (Phi) is 4.47. The Morgan fingerprint density at radius 3 is 3.00 bits per heavy atom. The van der Waals surface area contributed by atoms with E-state index in [-0.39, 0.29) is 11.9 Å². The van der Waals surface area contributed by atoms with Gasteiger partial charge in [-0.3, -0.25) is 9.36 Å². The molecule has 1 aromatic heterocycles. The fourth-order valence-corrected chi connectivity index (χ4v) is 5.01. The molecule has 7 heteroatoms. The maximum absolute atomic E-state index is 13.3. The number of para-hydroxylation sites is 1. The average Bonchev–Trinajstić information content (AvgIpc) is 3.03. The van der Waals surface area contributed by atoms with E-state index in [0.717, 1.165) is 37.6 Å². The molecule has 2 aromatic rings. The third-order valence-corrected chi connectivity index (χ3v) is 6.20. The molecule has 2 saturated heterocycles. The zero-order chi connectivity index (χ0) is 16.5. The van der Waals surface area contributed by atoms with Crippen molar-refractivity contribution in [3.05, 3.63) is 47.0 Å². The van der Waals surface area contributed by atoms with Crippen LogP contribution in [0, 0.1) is 4.77 Å². The van der Waals surface area contributed by atoms with Gasteiger partial charge in [-0.15, -0.1) is 0 Å². The molecule has 0 bridgehead atoms. The van der Waals surface area contributed by atoms with Crippen LogP contribution in [0.1, 0.15) is 16.9 Å². The van der Waals surface area contributed by atoms with E-state index in [4.69, 9.17) is 17.0 Å². The van der Waals surface area contributed by atoms with Crippen LogP contribution in [0.3, 0.4) is 0 Å². The van der Waals surface area contributed by atoms with Gasteiger partial charge in [0.15, 0.2) is 4.77 Å². The predicted octanol–water partition coefficient (Wildman–Crippen LogP) is 2.88. The summed E-state index contributed by atoms with van der Waals surface area (Å²) < 4.78 is 7.95. The molecule has 1 N–H and O–H groups in total. The first-order valence-corrected chi connectivity index (χ1v) is 9.57. The smallest absolute Gasteiger partial charge is 0.272 e. The molecule has 4 rings (SSSR count). The maximum Gasteiger partial charge on any atom is 0.272 e.